The first kappa shape index (κ1) is 23.7. The predicted molar refractivity (Wildman–Crippen MR) is 116 cm³/mol. The van der Waals surface area contributed by atoms with Gasteiger partial charge in [-0.1, -0.05) is 18.2 Å². The Morgan fingerprint density at radius 2 is 1.91 bits per heavy atom. The number of para-hydroxylation sites is 1. The molecule has 0 spiro atoms. The van der Waals surface area contributed by atoms with Crippen LogP contribution in [-0.2, 0) is 22.1 Å². The van der Waals surface area contributed by atoms with Gasteiger partial charge in [0.15, 0.2) is 11.5 Å². The van der Waals surface area contributed by atoms with Gasteiger partial charge in [0.2, 0.25) is 5.88 Å². The number of benzene rings is 1. The summed E-state index contributed by atoms with van der Waals surface area (Å²) >= 11 is 0. The smallest absolute Gasteiger partial charge is 0.434 e. The van der Waals surface area contributed by atoms with E-state index in [0.29, 0.717) is 10.2 Å². The van der Waals surface area contributed by atoms with Crippen LogP contribution >= 0.6 is 0 Å². The molecule has 1 aromatic carbocycles. The molecule has 35 heavy (non-hydrogen) atoms. The molecule has 1 atom stereocenters. The van der Waals surface area contributed by atoms with E-state index in [1.165, 1.54) is 19.2 Å². The summed E-state index contributed by atoms with van der Waals surface area (Å²) in [6.07, 6.45) is -2.57. The average Bonchev–Trinajstić information content (AvgIpc) is 3.48. The van der Waals surface area contributed by atoms with Crippen LogP contribution in [0.1, 0.15) is 21.6 Å². The average molecular weight is 488 g/mol. The van der Waals surface area contributed by atoms with Gasteiger partial charge in [0.1, 0.15) is 6.04 Å². The highest BCUT2D eigenvalue weighted by Gasteiger charge is 2.41. The van der Waals surface area contributed by atoms with Crippen LogP contribution < -0.4 is 10.1 Å². The maximum Gasteiger partial charge on any atom is 0.434 e. The number of nitrogens with zero attached hydrogens (tertiary/aromatic N) is 4. The molecule has 0 aliphatic heterocycles. The quantitative estimate of drug-likeness (QED) is 0.383. The number of rotatable bonds is 7. The number of halogens is 3. The van der Waals surface area contributed by atoms with Gasteiger partial charge in [-0.05, 0) is 17.7 Å². The number of esters is 1. The normalized spacial score (nSPS) is 12.4. The molecule has 0 radical (unpaired) electrons. The number of carbonyl (C=O) groups is 2. The Bertz CT molecular complexity index is 1360. The first-order valence-electron chi connectivity index (χ1n) is 10.2. The van der Waals surface area contributed by atoms with E-state index in [1.807, 2.05) is 18.2 Å². The molecular weight excluding hydrogens is 469 g/mol. The number of nitrogens with one attached hydrogen (secondary N) is 2. The number of ether oxygens (including phenoxy) is 2. The summed E-state index contributed by atoms with van der Waals surface area (Å²) in [4.78, 5) is 28.4. The number of hydrogen-bond acceptors (Lipinski definition) is 7. The molecule has 0 unspecified atom stereocenters. The van der Waals surface area contributed by atoms with Crippen molar-refractivity contribution >= 4 is 22.8 Å². The lowest BCUT2D eigenvalue weighted by molar-refractivity contribution is -0.143. The fraction of sp³-hybridized carbons (Fsp3) is 0.227. The molecule has 13 heteroatoms. The van der Waals surface area contributed by atoms with Gasteiger partial charge in [-0.25, -0.2) is 9.48 Å². The van der Waals surface area contributed by atoms with Crippen LogP contribution in [0.15, 0.2) is 48.8 Å². The number of amides is 1. The molecule has 0 fully saturated rings. The first-order chi connectivity index (χ1) is 16.7. The van der Waals surface area contributed by atoms with E-state index in [0.717, 1.165) is 24.2 Å². The fourth-order valence-electron chi connectivity index (χ4n) is 3.59. The van der Waals surface area contributed by atoms with Crippen LogP contribution in [0.5, 0.6) is 5.88 Å². The minimum atomic E-state index is -4.97. The van der Waals surface area contributed by atoms with E-state index < -0.39 is 35.4 Å². The summed E-state index contributed by atoms with van der Waals surface area (Å²) in [5.74, 6) is -2.16. The van der Waals surface area contributed by atoms with E-state index in [1.54, 1.807) is 12.3 Å². The summed E-state index contributed by atoms with van der Waals surface area (Å²) in [7, 11) is 2.45. The Kier molecular flexibility index (Phi) is 6.40. The monoisotopic (exact) mass is 488 g/mol. The second-order valence-corrected chi connectivity index (χ2v) is 7.36. The Morgan fingerprint density at radius 3 is 2.57 bits per heavy atom. The number of aromatic amines is 1. The third-order valence-corrected chi connectivity index (χ3v) is 5.22. The summed E-state index contributed by atoms with van der Waals surface area (Å²) in [6.45, 7) is 0. The molecule has 182 valence electrons. The van der Waals surface area contributed by atoms with Crippen LogP contribution in [0.25, 0.3) is 16.7 Å². The van der Waals surface area contributed by atoms with Crippen molar-refractivity contribution in [2.75, 3.05) is 14.2 Å². The molecule has 0 bridgehead atoms. The summed E-state index contributed by atoms with van der Waals surface area (Å²) < 4.78 is 52.0. The van der Waals surface area contributed by atoms with Crippen LogP contribution in [0, 0.1) is 0 Å². The van der Waals surface area contributed by atoms with Gasteiger partial charge in [0, 0.05) is 29.6 Å². The zero-order valence-electron chi connectivity index (χ0n) is 18.5. The van der Waals surface area contributed by atoms with Gasteiger partial charge in [0.25, 0.3) is 5.91 Å². The second kappa shape index (κ2) is 9.44. The number of carbonyl (C=O) groups excluding carboxylic acids is 2. The van der Waals surface area contributed by atoms with Gasteiger partial charge >= 0.3 is 12.1 Å². The zero-order chi connectivity index (χ0) is 25.2. The predicted octanol–water partition coefficient (Wildman–Crippen LogP) is 2.69. The maximum atomic E-state index is 14.0. The highest BCUT2D eigenvalue weighted by Crippen LogP contribution is 2.33. The largest absolute Gasteiger partial charge is 0.480 e. The minimum absolute atomic E-state index is 0.0120. The van der Waals surface area contributed by atoms with Gasteiger partial charge in [0.05, 0.1) is 26.0 Å². The number of alkyl halides is 3. The Labute approximate surface area is 196 Å². The summed E-state index contributed by atoms with van der Waals surface area (Å²) in [6, 6.07) is 8.54. The van der Waals surface area contributed by atoms with Crippen LogP contribution in [-0.4, -0.2) is 57.1 Å². The third-order valence-electron chi connectivity index (χ3n) is 5.22. The first-order valence-corrected chi connectivity index (χ1v) is 10.2. The van der Waals surface area contributed by atoms with Gasteiger partial charge in [-0.2, -0.15) is 18.3 Å². The SMILES string of the molecule is COC(=O)[C@H](Cc1c[nH]c2ccccc12)NC(=O)c1cnn(-c2ccc(OC)nn2)c1C(F)(F)F. The molecule has 3 heterocycles. The van der Waals surface area contributed by atoms with Crippen molar-refractivity contribution in [3.05, 3.63) is 65.6 Å². The van der Waals surface area contributed by atoms with Crippen LogP contribution in [0.4, 0.5) is 13.2 Å². The molecule has 2 N–H and O–H groups in total. The van der Waals surface area contributed by atoms with Crippen LogP contribution in [0.2, 0.25) is 0 Å². The van der Waals surface area contributed by atoms with E-state index in [2.05, 4.69) is 25.6 Å². The standard InChI is InChI=1S/C22H19F3N6O4/c1-34-18-8-7-17(29-30-18)31-19(22(23,24)25)14(11-27-31)20(32)28-16(21(33)35-2)9-12-10-26-15-6-4-3-5-13(12)15/h3-8,10-11,16,26H,9H2,1-2H3,(H,28,32)/t16-/m0/s1. The lowest BCUT2D eigenvalue weighted by Gasteiger charge is -2.17. The highest BCUT2D eigenvalue weighted by atomic mass is 19.4. The molecule has 10 nitrogen and oxygen atoms in total. The van der Waals surface area contributed by atoms with Crippen molar-refractivity contribution < 1.29 is 32.2 Å². The summed E-state index contributed by atoms with van der Waals surface area (Å²) in [5, 5.41) is 14.1. The molecule has 1 amide bonds. The van der Waals surface area contributed by atoms with Gasteiger partial charge in [-0.15, -0.1) is 10.2 Å². The summed E-state index contributed by atoms with van der Waals surface area (Å²) in [5.41, 5.74) is -0.677. The number of aromatic nitrogens is 5. The van der Waals surface area contributed by atoms with Crippen molar-refractivity contribution in [2.24, 2.45) is 0 Å². The molecule has 0 saturated heterocycles. The molecule has 4 rings (SSSR count). The molecule has 3 aromatic heterocycles. The van der Waals surface area contributed by atoms with E-state index >= 15 is 0 Å². The molecule has 0 aliphatic rings. The number of H-pyrrole nitrogens is 1. The maximum absolute atomic E-state index is 14.0. The van der Waals surface area contributed by atoms with E-state index in [4.69, 9.17) is 9.47 Å². The molecular formula is C22H19F3N6O4. The number of methoxy groups -OCH3 is 2. The van der Waals surface area contributed by atoms with Crippen molar-refractivity contribution in [1.29, 1.82) is 0 Å². The number of fused-ring (bicyclic) bond motifs is 1. The molecule has 0 aliphatic carbocycles. The van der Waals surface area contributed by atoms with E-state index in [-0.39, 0.29) is 18.1 Å². The number of hydrogen-bond donors (Lipinski definition) is 2. The van der Waals surface area contributed by atoms with Crippen molar-refractivity contribution in [2.45, 2.75) is 18.6 Å². The van der Waals surface area contributed by atoms with E-state index in [9.17, 15) is 22.8 Å². The van der Waals surface area contributed by atoms with Gasteiger partial charge < -0.3 is 19.8 Å². The highest BCUT2D eigenvalue weighted by molar-refractivity contribution is 5.98. The third kappa shape index (κ3) is 4.78. The fourth-order valence-corrected chi connectivity index (χ4v) is 3.59. The van der Waals surface area contributed by atoms with Crippen molar-refractivity contribution in [1.82, 2.24) is 30.3 Å². The topological polar surface area (TPSA) is 124 Å². The van der Waals surface area contributed by atoms with Gasteiger partial charge in [-0.3, -0.25) is 4.79 Å². The Balaban J connectivity index is 1.66. The molecule has 0 saturated carbocycles. The second-order valence-electron chi connectivity index (χ2n) is 7.36. The van der Waals surface area contributed by atoms with Crippen molar-refractivity contribution in [3.8, 4) is 11.7 Å². The Morgan fingerprint density at radius 1 is 1.14 bits per heavy atom. The molecule has 4 aromatic rings. The van der Waals surface area contributed by atoms with Crippen molar-refractivity contribution in [3.63, 3.8) is 0 Å². The van der Waals surface area contributed by atoms with Crippen LogP contribution in [0.3, 0.4) is 0 Å². The minimum Gasteiger partial charge on any atom is -0.480 e. The lowest BCUT2D eigenvalue weighted by atomic mass is 10.0. The lowest BCUT2D eigenvalue weighted by Crippen LogP contribution is -2.43. The Hall–Kier alpha value is -4.42. The zero-order valence-corrected chi connectivity index (χ0v) is 18.5.